The zero-order valence-electron chi connectivity index (χ0n) is 13.0. The van der Waals surface area contributed by atoms with Gasteiger partial charge in [0.15, 0.2) is 0 Å². The van der Waals surface area contributed by atoms with Gasteiger partial charge in [-0.3, -0.25) is 0 Å². The highest BCUT2D eigenvalue weighted by atomic mass is 19.1. The Balaban J connectivity index is 2.34. The molecule has 4 heteroatoms. The molecule has 1 aromatic carbocycles. The highest BCUT2D eigenvalue weighted by molar-refractivity contribution is 5.25. The molecular formula is C17H26FNO2. The smallest absolute Gasteiger partial charge is 0.128 e. The Bertz CT molecular complexity index is 427. The minimum atomic E-state index is -0.385. The van der Waals surface area contributed by atoms with Crippen molar-refractivity contribution in [2.24, 2.45) is 0 Å². The van der Waals surface area contributed by atoms with Gasteiger partial charge in [0, 0.05) is 38.2 Å². The van der Waals surface area contributed by atoms with Gasteiger partial charge in [0.2, 0.25) is 0 Å². The molecular weight excluding hydrogens is 269 g/mol. The van der Waals surface area contributed by atoms with E-state index in [1.165, 1.54) is 6.07 Å². The highest BCUT2D eigenvalue weighted by Gasteiger charge is 2.42. The minimum absolute atomic E-state index is 0.137. The van der Waals surface area contributed by atoms with Gasteiger partial charge in [-0.25, -0.2) is 4.39 Å². The Kier molecular flexibility index (Phi) is 6.15. The van der Waals surface area contributed by atoms with Crippen molar-refractivity contribution in [1.29, 1.82) is 0 Å². The lowest BCUT2D eigenvalue weighted by Gasteiger charge is -2.43. The van der Waals surface area contributed by atoms with Crippen molar-refractivity contribution in [2.45, 2.75) is 44.8 Å². The number of benzene rings is 1. The van der Waals surface area contributed by atoms with Gasteiger partial charge in [0.25, 0.3) is 0 Å². The zero-order chi connectivity index (χ0) is 15.1. The number of ether oxygens (including phenoxy) is 2. The predicted octanol–water partition coefficient (Wildman–Crippen LogP) is 3.45. The van der Waals surface area contributed by atoms with E-state index in [4.69, 9.17) is 9.47 Å². The average molecular weight is 295 g/mol. The van der Waals surface area contributed by atoms with E-state index in [2.05, 4.69) is 12.2 Å². The second kappa shape index (κ2) is 7.87. The van der Waals surface area contributed by atoms with E-state index in [1.54, 1.807) is 6.07 Å². The van der Waals surface area contributed by atoms with Crippen molar-refractivity contribution in [1.82, 2.24) is 5.32 Å². The van der Waals surface area contributed by atoms with Crippen molar-refractivity contribution in [2.75, 3.05) is 26.4 Å². The number of halogens is 1. The summed E-state index contributed by atoms with van der Waals surface area (Å²) in [5.41, 5.74) is 0.311. The van der Waals surface area contributed by atoms with Crippen molar-refractivity contribution >= 4 is 0 Å². The molecule has 0 aromatic heterocycles. The lowest BCUT2D eigenvalue weighted by Crippen LogP contribution is -2.50. The summed E-state index contributed by atoms with van der Waals surface area (Å²) in [4.78, 5) is 0. The second-order valence-corrected chi connectivity index (χ2v) is 5.52. The summed E-state index contributed by atoms with van der Waals surface area (Å²) < 4.78 is 25.9. The first-order chi connectivity index (χ1) is 10.2. The molecule has 3 nitrogen and oxygen atoms in total. The van der Waals surface area contributed by atoms with Crippen LogP contribution in [0.2, 0.25) is 0 Å². The molecule has 0 spiro atoms. The van der Waals surface area contributed by atoms with E-state index >= 15 is 0 Å². The normalized spacial score (nSPS) is 19.4. The van der Waals surface area contributed by atoms with Crippen LogP contribution in [0.3, 0.4) is 0 Å². The van der Waals surface area contributed by atoms with Gasteiger partial charge in [0.05, 0.1) is 11.6 Å². The van der Waals surface area contributed by atoms with Crippen molar-refractivity contribution < 1.29 is 13.9 Å². The van der Waals surface area contributed by atoms with Gasteiger partial charge >= 0.3 is 0 Å². The molecule has 118 valence electrons. The van der Waals surface area contributed by atoms with E-state index in [0.717, 1.165) is 25.8 Å². The quantitative estimate of drug-likeness (QED) is 0.835. The van der Waals surface area contributed by atoms with Crippen molar-refractivity contribution in [3.8, 4) is 0 Å². The third-order valence-corrected chi connectivity index (χ3v) is 4.11. The third kappa shape index (κ3) is 3.82. The van der Waals surface area contributed by atoms with Gasteiger partial charge in [0.1, 0.15) is 5.82 Å². The molecule has 1 N–H and O–H groups in total. The molecule has 1 heterocycles. The molecule has 1 aliphatic heterocycles. The topological polar surface area (TPSA) is 30.5 Å². The Morgan fingerprint density at radius 1 is 1.29 bits per heavy atom. The van der Waals surface area contributed by atoms with E-state index in [1.807, 2.05) is 19.1 Å². The van der Waals surface area contributed by atoms with Gasteiger partial charge in [-0.2, -0.15) is 0 Å². The molecule has 21 heavy (non-hydrogen) atoms. The van der Waals surface area contributed by atoms with Gasteiger partial charge in [-0.1, -0.05) is 25.1 Å². The Hall–Kier alpha value is -0.970. The molecule has 0 bridgehead atoms. The molecule has 1 fully saturated rings. The summed E-state index contributed by atoms with van der Waals surface area (Å²) in [6.07, 6.45) is 2.58. The minimum Gasteiger partial charge on any atom is -0.381 e. The molecule has 0 radical (unpaired) electrons. The van der Waals surface area contributed by atoms with Crippen LogP contribution in [0.1, 0.15) is 44.7 Å². The molecule has 1 saturated heterocycles. The average Bonchev–Trinajstić information content (AvgIpc) is 2.50. The van der Waals surface area contributed by atoms with E-state index in [9.17, 15) is 4.39 Å². The monoisotopic (exact) mass is 295 g/mol. The summed E-state index contributed by atoms with van der Waals surface area (Å²) in [6.45, 7) is 6.91. The maximum Gasteiger partial charge on any atom is 0.128 e. The summed E-state index contributed by atoms with van der Waals surface area (Å²) in [6, 6.07) is 6.86. The largest absolute Gasteiger partial charge is 0.381 e. The summed E-state index contributed by atoms with van der Waals surface area (Å²) in [5.74, 6) is -0.170. The first kappa shape index (κ1) is 16.4. The zero-order valence-corrected chi connectivity index (χ0v) is 13.0. The highest BCUT2D eigenvalue weighted by Crippen LogP contribution is 2.38. The lowest BCUT2D eigenvalue weighted by molar-refractivity contribution is -0.128. The molecule has 1 unspecified atom stereocenters. The fourth-order valence-electron chi connectivity index (χ4n) is 3.10. The maximum absolute atomic E-state index is 14.3. The predicted molar refractivity (Wildman–Crippen MR) is 81.8 cm³/mol. The van der Waals surface area contributed by atoms with Crippen LogP contribution >= 0.6 is 0 Å². The summed E-state index contributed by atoms with van der Waals surface area (Å²) in [7, 11) is 0. The number of nitrogens with one attached hydrogen (secondary N) is 1. The molecule has 0 saturated carbocycles. The fourth-order valence-corrected chi connectivity index (χ4v) is 3.10. The van der Waals surface area contributed by atoms with Crippen molar-refractivity contribution in [3.05, 3.63) is 35.6 Å². The number of hydrogen-bond acceptors (Lipinski definition) is 3. The molecule has 1 aromatic rings. The Morgan fingerprint density at radius 3 is 2.62 bits per heavy atom. The molecule has 0 amide bonds. The fraction of sp³-hybridized carbons (Fsp3) is 0.647. The van der Waals surface area contributed by atoms with Crippen LogP contribution in [0, 0.1) is 5.82 Å². The standard InChI is InChI=1S/C17H26FNO2/c1-3-11-19-16(14-7-5-6-8-15(14)18)17(21-4-2)9-12-20-13-10-17/h5-8,16,19H,3-4,9-13H2,1-2H3. The lowest BCUT2D eigenvalue weighted by atomic mass is 9.81. The third-order valence-electron chi connectivity index (χ3n) is 4.11. The van der Waals surface area contributed by atoms with Crippen molar-refractivity contribution in [3.63, 3.8) is 0 Å². The van der Waals surface area contributed by atoms with E-state index < -0.39 is 0 Å². The Labute approximate surface area is 126 Å². The van der Waals surface area contributed by atoms with Crippen LogP contribution in [-0.4, -0.2) is 32.0 Å². The van der Waals surface area contributed by atoms with Gasteiger partial charge in [-0.05, 0) is 26.0 Å². The summed E-state index contributed by atoms with van der Waals surface area (Å²) in [5, 5.41) is 3.50. The number of rotatable bonds is 7. The molecule has 2 rings (SSSR count). The first-order valence-electron chi connectivity index (χ1n) is 7.93. The first-order valence-corrected chi connectivity index (χ1v) is 7.93. The van der Waals surface area contributed by atoms with Crippen LogP contribution in [0.15, 0.2) is 24.3 Å². The molecule has 1 atom stereocenters. The van der Waals surface area contributed by atoms with E-state index in [0.29, 0.717) is 25.4 Å². The van der Waals surface area contributed by atoms with Gasteiger partial charge in [-0.15, -0.1) is 0 Å². The maximum atomic E-state index is 14.3. The van der Waals surface area contributed by atoms with Gasteiger partial charge < -0.3 is 14.8 Å². The van der Waals surface area contributed by atoms with E-state index in [-0.39, 0.29) is 17.5 Å². The molecule has 0 aliphatic carbocycles. The second-order valence-electron chi connectivity index (χ2n) is 5.52. The SMILES string of the molecule is CCCNC(c1ccccc1F)C1(OCC)CCOCC1. The molecule has 1 aliphatic rings. The number of hydrogen-bond donors (Lipinski definition) is 1. The van der Waals surface area contributed by atoms with Crippen LogP contribution < -0.4 is 5.32 Å². The van der Waals surface area contributed by atoms with Crippen LogP contribution in [0.5, 0.6) is 0 Å². The Morgan fingerprint density at radius 2 is 2.00 bits per heavy atom. The summed E-state index contributed by atoms with van der Waals surface area (Å²) >= 11 is 0. The van der Waals surface area contributed by atoms with Crippen LogP contribution in [0.25, 0.3) is 0 Å². The van der Waals surface area contributed by atoms with Crippen LogP contribution in [0.4, 0.5) is 4.39 Å². The van der Waals surface area contributed by atoms with Crippen LogP contribution in [-0.2, 0) is 9.47 Å².